The van der Waals surface area contributed by atoms with Crippen molar-refractivity contribution >= 4 is 44.6 Å². The average Bonchev–Trinajstić information content (AvgIpc) is 2.76. The molecule has 0 fully saturated rings. The topological polar surface area (TPSA) is 30.5 Å². The Labute approximate surface area is 136 Å². The Morgan fingerprint density at radius 1 is 1.20 bits per heavy atom. The molecule has 0 radical (unpaired) electrons. The van der Waals surface area contributed by atoms with Gasteiger partial charge in [-0.15, -0.1) is 11.3 Å². The third-order valence-corrected chi connectivity index (χ3v) is 5.27. The van der Waals surface area contributed by atoms with Crippen LogP contribution in [0.15, 0.2) is 22.7 Å². The predicted molar refractivity (Wildman–Crippen MR) is 88.6 cm³/mol. The quantitative estimate of drug-likeness (QED) is 0.787. The summed E-state index contributed by atoms with van der Waals surface area (Å²) in [5.41, 5.74) is 0.857. The third-order valence-electron chi connectivity index (χ3n) is 2.84. The largest absolute Gasteiger partial charge is 0.495 e. The van der Waals surface area contributed by atoms with Crippen molar-refractivity contribution in [1.29, 1.82) is 0 Å². The van der Waals surface area contributed by atoms with E-state index in [1.807, 2.05) is 6.07 Å². The minimum absolute atomic E-state index is 0.532. The van der Waals surface area contributed by atoms with Crippen LogP contribution in [-0.4, -0.2) is 14.2 Å². The van der Waals surface area contributed by atoms with Gasteiger partial charge in [-0.3, -0.25) is 0 Å². The number of aryl methyl sites for hydroxylation is 1. The number of anilines is 1. The maximum Gasteiger partial charge on any atom is 0.143 e. The van der Waals surface area contributed by atoms with Gasteiger partial charge in [0.1, 0.15) is 11.5 Å². The van der Waals surface area contributed by atoms with Crippen LogP contribution in [0.5, 0.6) is 11.5 Å². The second kappa shape index (κ2) is 6.70. The lowest BCUT2D eigenvalue weighted by atomic mass is 10.2. The SMILES string of the molecule is COc1cc(NCc2cc(Br)c(C)s2)c(OC)cc1Cl. The second-order valence-corrected chi connectivity index (χ2v) is 6.76. The van der Waals surface area contributed by atoms with Crippen molar-refractivity contribution in [2.24, 2.45) is 0 Å². The Kier molecular flexibility index (Phi) is 5.18. The van der Waals surface area contributed by atoms with E-state index in [1.54, 1.807) is 31.6 Å². The molecule has 1 N–H and O–H groups in total. The van der Waals surface area contributed by atoms with Crippen LogP contribution < -0.4 is 14.8 Å². The summed E-state index contributed by atoms with van der Waals surface area (Å²) in [5.74, 6) is 1.32. The van der Waals surface area contributed by atoms with Crippen molar-refractivity contribution in [2.75, 3.05) is 19.5 Å². The molecule has 1 aromatic heterocycles. The zero-order valence-electron chi connectivity index (χ0n) is 11.4. The van der Waals surface area contributed by atoms with Gasteiger partial charge < -0.3 is 14.8 Å². The van der Waals surface area contributed by atoms with E-state index < -0.39 is 0 Å². The van der Waals surface area contributed by atoms with Gasteiger partial charge in [-0.1, -0.05) is 11.6 Å². The van der Waals surface area contributed by atoms with Gasteiger partial charge in [0.25, 0.3) is 0 Å². The lowest BCUT2D eigenvalue weighted by Crippen LogP contribution is -2.01. The highest BCUT2D eigenvalue weighted by atomic mass is 79.9. The average molecular weight is 377 g/mol. The zero-order valence-corrected chi connectivity index (χ0v) is 14.6. The molecule has 0 saturated carbocycles. The highest BCUT2D eigenvalue weighted by Crippen LogP contribution is 2.36. The molecule has 108 valence electrons. The fourth-order valence-electron chi connectivity index (χ4n) is 1.79. The number of methoxy groups -OCH3 is 2. The van der Waals surface area contributed by atoms with Gasteiger partial charge in [0.05, 0.1) is 24.9 Å². The lowest BCUT2D eigenvalue weighted by Gasteiger charge is -2.13. The van der Waals surface area contributed by atoms with E-state index in [1.165, 1.54) is 9.75 Å². The molecule has 0 atom stereocenters. The van der Waals surface area contributed by atoms with Crippen molar-refractivity contribution in [1.82, 2.24) is 0 Å². The van der Waals surface area contributed by atoms with E-state index in [9.17, 15) is 0 Å². The summed E-state index contributed by atoms with van der Waals surface area (Å²) in [6.45, 7) is 2.81. The monoisotopic (exact) mass is 375 g/mol. The maximum atomic E-state index is 6.08. The lowest BCUT2D eigenvalue weighted by molar-refractivity contribution is 0.404. The molecule has 0 unspecified atom stereocenters. The van der Waals surface area contributed by atoms with Crippen molar-refractivity contribution in [3.63, 3.8) is 0 Å². The Bertz CT molecular complexity index is 596. The molecule has 0 aliphatic heterocycles. The maximum absolute atomic E-state index is 6.08. The number of hydrogen-bond donors (Lipinski definition) is 1. The van der Waals surface area contributed by atoms with Crippen LogP contribution in [0.1, 0.15) is 9.75 Å². The first-order valence-corrected chi connectivity index (χ1v) is 7.94. The number of rotatable bonds is 5. The third kappa shape index (κ3) is 3.40. The molecule has 6 heteroatoms. The summed E-state index contributed by atoms with van der Waals surface area (Å²) in [5, 5.41) is 3.88. The second-order valence-electron chi connectivity index (χ2n) is 4.16. The van der Waals surface area contributed by atoms with Crippen LogP contribution in [0, 0.1) is 6.92 Å². The normalized spacial score (nSPS) is 10.4. The summed E-state index contributed by atoms with van der Waals surface area (Å²) in [6, 6.07) is 5.71. The highest BCUT2D eigenvalue weighted by Gasteiger charge is 2.10. The molecule has 1 aromatic carbocycles. The van der Waals surface area contributed by atoms with Crippen molar-refractivity contribution in [3.8, 4) is 11.5 Å². The molecule has 0 saturated heterocycles. The number of benzene rings is 1. The van der Waals surface area contributed by atoms with Gasteiger partial charge in [0.2, 0.25) is 0 Å². The number of hydrogen-bond acceptors (Lipinski definition) is 4. The van der Waals surface area contributed by atoms with Crippen LogP contribution in [0.4, 0.5) is 5.69 Å². The van der Waals surface area contributed by atoms with Crippen LogP contribution in [0.3, 0.4) is 0 Å². The van der Waals surface area contributed by atoms with E-state index in [2.05, 4.69) is 34.2 Å². The van der Waals surface area contributed by atoms with Crippen LogP contribution in [0.25, 0.3) is 0 Å². The van der Waals surface area contributed by atoms with Gasteiger partial charge in [-0.2, -0.15) is 0 Å². The minimum atomic E-state index is 0.532. The summed E-state index contributed by atoms with van der Waals surface area (Å²) < 4.78 is 11.7. The first kappa shape index (κ1) is 15.5. The fraction of sp³-hybridized carbons (Fsp3) is 0.286. The van der Waals surface area contributed by atoms with Gasteiger partial charge in [-0.25, -0.2) is 0 Å². The van der Waals surface area contributed by atoms with E-state index in [0.717, 1.165) is 16.7 Å². The molecule has 0 amide bonds. The van der Waals surface area contributed by atoms with E-state index in [0.29, 0.717) is 16.5 Å². The van der Waals surface area contributed by atoms with Crippen molar-refractivity contribution in [3.05, 3.63) is 37.4 Å². The predicted octanol–water partition coefficient (Wildman–Crippen LogP) is 5.10. The van der Waals surface area contributed by atoms with Crippen LogP contribution in [-0.2, 0) is 6.54 Å². The van der Waals surface area contributed by atoms with E-state index in [4.69, 9.17) is 21.1 Å². The first-order valence-electron chi connectivity index (χ1n) is 5.95. The number of ether oxygens (including phenoxy) is 2. The molecular weight excluding hydrogens is 362 g/mol. The molecule has 3 nitrogen and oxygen atoms in total. The Morgan fingerprint density at radius 2 is 1.90 bits per heavy atom. The molecule has 0 spiro atoms. The van der Waals surface area contributed by atoms with Gasteiger partial charge in [0.15, 0.2) is 0 Å². The van der Waals surface area contributed by atoms with Gasteiger partial charge in [0, 0.05) is 32.9 Å². The summed E-state index contributed by atoms with van der Waals surface area (Å²) in [6.07, 6.45) is 0. The molecule has 0 bridgehead atoms. The minimum Gasteiger partial charge on any atom is -0.495 e. The molecule has 1 heterocycles. The molecule has 2 aromatic rings. The smallest absolute Gasteiger partial charge is 0.143 e. The van der Waals surface area contributed by atoms with Gasteiger partial charge >= 0.3 is 0 Å². The summed E-state index contributed by atoms with van der Waals surface area (Å²) in [4.78, 5) is 2.51. The molecule has 0 aliphatic rings. The van der Waals surface area contributed by atoms with E-state index >= 15 is 0 Å². The van der Waals surface area contributed by atoms with Crippen molar-refractivity contribution < 1.29 is 9.47 Å². The molecule has 0 aliphatic carbocycles. The number of thiophene rings is 1. The van der Waals surface area contributed by atoms with Crippen molar-refractivity contribution in [2.45, 2.75) is 13.5 Å². The Hall–Kier alpha value is -0.910. The van der Waals surface area contributed by atoms with E-state index in [-0.39, 0.29) is 0 Å². The molecule has 2 rings (SSSR count). The zero-order chi connectivity index (χ0) is 14.7. The number of nitrogens with one attached hydrogen (secondary N) is 1. The summed E-state index contributed by atoms with van der Waals surface area (Å²) >= 11 is 11.4. The standard InChI is InChI=1S/C14H15BrClNO2S/c1-8-10(15)4-9(20-8)7-17-12-6-13(18-2)11(16)5-14(12)19-3/h4-6,17H,7H2,1-3H3. The summed E-state index contributed by atoms with van der Waals surface area (Å²) in [7, 11) is 3.21. The Balaban J connectivity index is 2.19. The first-order chi connectivity index (χ1) is 9.55. The molecular formula is C14H15BrClNO2S. The van der Waals surface area contributed by atoms with Crippen LogP contribution in [0.2, 0.25) is 5.02 Å². The Morgan fingerprint density at radius 3 is 2.45 bits per heavy atom. The number of halogens is 2. The fourth-order valence-corrected chi connectivity index (χ4v) is 3.56. The van der Waals surface area contributed by atoms with Crippen LogP contribution >= 0.6 is 38.9 Å². The molecule has 20 heavy (non-hydrogen) atoms. The van der Waals surface area contributed by atoms with Gasteiger partial charge in [-0.05, 0) is 28.9 Å². The highest BCUT2D eigenvalue weighted by molar-refractivity contribution is 9.10.